The van der Waals surface area contributed by atoms with Crippen LogP contribution < -0.4 is 0 Å². The summed E-state index contributed by atoms with van der Waals surface area (Å²) >= 11 is 4.75. The molecule has 0 saturated heterocycles. The molecule has 0 spiro atoms. The highest BCUT2D eigenvalue weighted by Gasteiger charge is 2.16. The van der Waals surface area contributed by atoms with Crippen molar-refractivity contribution in [3.05, 3.63) is 51.6 Å². The number of benzene rings is 1. The summed E-state index contributed by atoms with van der Waals surface area (Å²) in [6, 6.07) is 9.32. The van der Waals surface area contributed by atoms with Gasteiger partial charge in [-0.25, -0.2) is 9.78 Å². The van der Waals surface area contributed by atoms with Crippen LogP contribution in [0.4, 0.5) is 0 Å². The Bertz CT molecular complexity index is 808. The van der Waals surface area contributed by atoms with Gasteiger partial charge in [0.25, 0.3) is 0 Å². The molecule has 1 aromatic carbocycles. The lowest BCUT2D eigenvalue weighted by Crippen LogP contribution is -2.07. The molecule has 106 valence electrons. The van der Waals surface area contributed by atoms with Crippen LogP contribution >= 0.6 is 27.3 Å². The summed E-state index contributed by atoms with van der Waals surface area (Å²) in [6.07, 6.45) is 0. The van der Waals surface area contributed by atoms with Gasteiger partial charge in [0.05, 0.1) is 11.4 Å². The molecule has 0 aliphatic rings. The molecule has 7 heteroatoms. The zero-order chi connectivity index (χ0) is 15.0. The Morgan fingerprint density at radius 2 is 2.05 bits per heavy atom. The third-order valence-electron chi connectivity index (χ3n) is 2.86. The van der Waals surface area contributed by atoms with Crippen molar-refractivity contribution in [3.63, 3.8) is 0 Å². The Kier molecular flexibility index (Phi) is 3.60. The monoisotopic (exact) mass is 363 g/mol. The van der Waals surface area contributed by atoms with Crippen LogP contribution in [0.3, 0.4) is 0 Å². The fraction of sp³-hybridized carbons (Fsp3) is 0.0714. The van der Waals surface area contributed by atoms with Crippen LogP contribution in [-0.2, 0) is 0 Å². The minimum atomic E-state index is -1.02. The lowest BCUT2D eigenvalue weighted by atomic mass is 10.2. The fourth-order valence-electron chi connectivity index (χ4n) is 1.91. The number of halogens is 1. The molecule has 2 heterocycles. The summed E-state index contributed by atoms with van der Waals surface area (Å²) in [4.78, 5) is 15.7. The van der Waals surface area contributed by atoms with Crippen molar-refractivity contribution in [2.24, 2.45) is 0 Å². The van der Waals surface area contributed by atoms with E-state index in [9.17, 15) is 9.90 Å². The molecule has 0 bridgehead atoms. The third kappa shape index (κ3) is 2.74. The number of aromatic carboxylic acids is 1. The van der Waals surface area contributed by atoms with Gasteiger partial charge in [-0.3, -0.25) is 0 Å². The van der Waals surface area contributed by atoms with Crippen molar-refractivity contribution < 1.29 is 9.90 Å². The molecule has 0 aliphatic heterocycles. The first-order valence-corrected chi connectivity index (χ1v) is 7.73. The van der Waals surface area contributed by atoms with E-state index in [0.717, 1.165) is 15.7 Å². The van der Waals surface area contributed by atoms with E-state index in [1.807, 2.05) is 29.6 Å². The Balaban J connectivity index is 2.02. The number of carboxylic acid groups (broad SMARTS) is 1. The van der Waals surface area contributed by atoms with Crippen molar-refractivity contribution in [2.75, 3.05) is 0 Å². The van der Waals surface area contributed by atoms with Gasteiger partial charge in [-0.05, 0) is 25.1 Å². The Labute approximate surface area is 133 Å². The Hall–Kier alpha value is -1.99. The number of hydrogen-bond donors (Lipinski definition) is 1. The SMILES string of the molecule is Cc1cc(C(=O)O)n(-c2nc(-c3ccc(Br)cc3)cs2)n1. The van der Waals surface area contributed by atoms with E-state index < -0.39 is 5.97 Å². The minimum Gasteiger partial charge on any atom is -0.477 e. The number of aryl methyl sites for hydroxylation is 1. The molecule has 3 rings (SSSR count). The Morgan fingerprint density at radius 1 is 1.33 bits per heavy atom. The molecule has 5 nitrogen and oxygen atoms in total. The average molecular weight is 364 g/mol. The summed E-state index contributed by atoms with van der Waals surface area (Å²) in [7, 11) is 0. The first kappa shape index (κ1) is 14.0. The maximum Gasteiger partial charge on any atom is 0.354 e. The molecular formula is C14H10BrN3O2S. The van der Waals surface area contributed by atoms with Crippen LogP contribution in [0.5, 0.6) is 0 Å². The van der Waals surface area contributed by atoms with Crippen molar-refractivity contribution >= 4 is 33.2 Å². The van der Waals surface area contributed by atoms with Crippen LogP contribution in [0.1, 0.15) is 16.2 Å². The van der Waals surface area contributed by atoms with E-state index in [2.05, 4.69) is 26.0 Å². The molecule has 0 amide bonds. The number of nitrogens with zero attached hydrogens (tertiary/aromatic N) is 3. The Morgan fingerprint density at radius 3 is 2.71 bits per heavy atom. The predicted molar refractivity (Wildman–Crippen MR) is 84.1 cm³/mol. The first-order chi connectivity index (χ1) is 10.0. The number of carbonyl (C=O) groups is 1. The number of hydrogen-bond acceptors (Lipinski definition) is 4. The van der Waals surface area contributed by atoms with Crippen LogP contribution in [-0.4, -0.2) is 25.8 Å². The molecule has 0 unspecified atom stereocenters. The van der Waals surface area contributed by atoms with Gasteiger partial charge in [-0.2, -0.15) is 9.78 Å². The standard InChI is InChI=1S/C14H10BrN3O2S/c1-8-6-12(13(19)20)18(17-8)14-16-11(7-21-14)9-2-4-10(15)5-3-9/h2-7H,1H3,(H,19,20). The topological polar surface area (TPSA) is 68.0 Å². The van der Waals surface area contributed by atoms with E-state index in [1.165, 1.54) is 22.1 Å². The van der Waals surface area contributed by atoms with E-state index in [-0.39, 0.29) is 5.69 Å². The largest absolute Gasteiger partial charge is 0.477 e. The number of thiazole rings is 1. The molecule has 3 aromatic rings. The van der Waals surface area contributed by atoms with Gasteiger partial charge in [0, 0.05) is 15.4 Å². The van der Waals surface area contributed by atoms with Gasteiger partial charge < -0.3 is 5.11 Å². The molecule has 2 aromatic heterocycles. The van der Waals surface area contributed by atoms with E-state index in [1.54, 1.807) is 6.92 Å². The van der Waals surface area contributed by atoms with E-state index in [0.29, 0.717) is 10.8 Å². The van der Waals surface area contributed by atoms with Gasteiger partial charge in [-0.15, -0.1) is 11.3 Å². The molecule has 0 saturated carbocycles. The van der Waals surface area contributed by atoms with Crippen molar-refractivity contribution in [1.29, 1.82) is 0 Å². The number of rotatable bonds is 3. The molecule has 0 aliphatic carbocycles. The van der Waals surface area contributed by atoms with Gasteiger partial charge in [0.2, 0.25) is 5.13 Å². The zero-order valence-electron chi connectivity index (χ0n) is 10.9. The maximum absolute atomic E-state index is 11.2. The van der Waals surface area contributed by atoms with Gasteiger partial charge in [0.1, 0.15) is 0 Å². The third-order valence-corrected chi connectivity index (χ3v) is 4.21. The summed E-state index contributed by atoms with van der Waals surface area (Å²) in [5, 5.41) is 15.8. The molecule has 0 radical (unpaired) electrons. The summed E-state index contributed by atoms with van der Waals surface area (Å²) < 4.78 is 2.36. The van der Waals surface area contributed by atoms with Crippen LogP contribution in [0.2, 0.25) is 0 Å². The molecule has 1 N–H and O–H groups in total. The van der Waals surface area contributed by atoms with Crippen molar-refractivity contribution in [3.8, 4) is 16.4 Å². The van der Waals surface area contributed by atoms with Gasteiger partial charge in [-0.1, -0.05) is 28.1 Å². The highest BCUT2D eigenvalue weighted by Crippen LogP contribution is 2.26. The zero-order valence-corrected chi connectivity index (χ0v) is 13.3. The van der Waals surface area contributed by atoms with E-state index >= 15 is 0 Å². The summed E-state index contributed by atoms with van der Waals surface area (Å²) in [5.74, 6) is -1.02. The smallest absolute Gasteiger partial charge is 0.354 e. The molecule has 0 atom stereocenters. The normalized spacial score (nSPS) is 10.8. The second-order valence-electron chi connectivity index (χ2n) is 4.41. The lowest BCUT2D eigenvalue weighted by molar-refractivity contribution is 0.0687. The number of aromatic nitrogens is 3. The summed E-state index contributed by atoms with van der Waals surface area (Å²) in [6.45, 7) is 1.76. The van der Waals surface area contributed by atoms with Gasteiger partial charge >= 0.3 is 5.97 Å². The quantitative estimate of drug-likeness (QED) is 0.768. The fourth-order valence-corrected chi connectivity index (χ4v) is 2.97. The van der Waals surface area contributed by atoms with Crippen LogP contribution in [0.15, 0.2) is 40.2 Å². The average Bonchev–Trinajstić information content (AvgIpc) is 3.06. The minimum absolute atomic E-state index is 0.115. The van der Waals surface area contributed by atoms with Crippen molar-refractivity contribution in [1.82, 2.24) is 14.8 Å². The predicted octanol–water partition coefficient (Wildman–Crippen LogP) is 3.76. The summed E-state index contributed by atoms with van der Waals surface area (Å²) in [5.41, 5.74) is 2.53. The van der Waals surface area contributed by atoms with Gasteiger partial charge in [0.15, 0.2) is 5.69 Å². The maximum atomic E-state index is 11.2. The molecular weight excluding hydrogens is 354 g/mol. The highest BCUT2D eigenvalue weighted by molar-refractivity contribution is 9.10. The van der Waals surface area contributed by atoms with Crippen LogP contribution in [0.25, 0.3) is 16.4 Å². The molecule has 21 heavy (non-hydrogen) atoms. The highest BCUT2D eigenvalue weighted by atomic mass is 79.9. The number of carboxylic acids is 1. The van der Waals surface area contributed by atoms with E-state index in [4.69, 9.17) is 0 Å². The second kappa shape index (κ2) is 5.42. The second-order valence-corrected chi connectivity index (χ2v) is 6.16. The first-order valence-electron chi connectivity index (χ1n) is 6.06. The lowest BCUT2D eigenvalue weighted by Gasteiger charge is -1.99. The van der Waals surface area contributed by atoms with Crippen LogP contribution in [0, 0.1) is 6.92 Å². The van der Waals surface area contributed by atoms with Crippen molar-refractivity contribution in [2.45, 2.75) is 6.92 Å². The molecule has 0 fully saturated rings.